The van der Waals surface area contributed by atoms with Crippen molar-refractivity contribution in [3.8, 4) is 17.4 Å². The van der Waals surface area contributed by atoms with Crippen molar-refractivity contribution in [2.45, 2.75) is 13.0 Å². The molecular weight excluding hydrogens is 322 g/mol. The van der Waals surface area contributed by atoms with Crippen LogP contribution in [0.5, 0.6) is 17.4 Å². The average molecular weight is 336 g/mol. The van der Waals surface area contributed by atoms with Gasteiger partial charge in [-0.25, -0.2) is 9.78 Å². The highest BCUT2D eigenvalue weighted by atomic mass is 35.5. The van der Waals surface area contributed by atoms with Gasteiger partial charge in [0.25, 0.3) is 5.24 Å². The van der Waals surface area contributed by atoms with E-state index in [4.69, 9.17) is 21.1 Å². The maximum absolute atomic E-state index is 11.7. The lowest BCUT2D eigenvalue weighted by Crippen LogP contribution is -2.18. The lowest BCUT2D eigenvalue weighted by atomic mass is 10.2. The topological polar surface area (TPSA) is 74.7 Å². The Labute approximate surface area is 137 Å². The minimum Gasteiger partial charge on any atom is -0.482 e. The molecule has 1 aromatic carbocycles. The van der Waals surface area contributed by atoms with E-state index in [-0.39, 0.29) is 11.4 Å². The van der Waals surface area contributed by atoms with E-state index in [9.17, 15) is 9.59 Å². The minimum absolute atomic E-state index is 0.136. The molecule has 0 aliphatic carbocycles. The second-order valence-electron chi connectivity index (χ2n) is 4.49. The van der Waals surface area contributed by atoms with E-state index in [0.29, 0.717) is 11.5 Å². The van der Waals surface area contributed by atoms with Crippen LogP contribution in [0.1, 0.15) is 17.3 Å². The summed E-state index contributed by atoms with van der Waals surface area (Å²) in [5.41, 5.74) is 0.219. The second-order valence-corrected chi connectivity index (χ2v) is 4.86. The first-order chi connectivity index (χ1) is 11.0. The highest BCUT2D eigenvalue weighted by Gasteiger charge is 2.15. The molecule has 1 heterocycles. The van der Waals surface area contributed by atoms with E-state index < -0.39 is 17.3 Å². The third-order valence-corrected chi connectivity index (χ3v) is 3.15. The first-order valence-corrected chi connectivity index (χ1v) is 7.06. The predicted octanol–water partition coefficient (Wildman–Crippen LogP) is 3.19. The van der Waals surface area contributed by atoms with E-state index in [1.807, 2.05) is 0 Å². The van der Waals surface area contributed by atoms with Crippen LogP contribution in [0.3, 0.4) is 0 Å². The zero-order chi connectivity index (χ0) is 16.8. The summed E-state index contributed by atoms with van der Waals surface area (Å²) in [5, 5.41) is -0.582. The van der Waals surface area contributed by atoms with Crippen LogP contribution >= 0.6 is 11.6 Å². The van der Waals surface area contributed by atoms with Crippen molar-refractivity contribution in [1.29, 1.82) is 0 Å². The first kappa shape index (κ1) is 16.8. The number of carbonyl (C=O) groups is 2. The van der Waals surface area contributed by atoms with Crippen LogP contribution in [0.4, 0.5) is 0 Å². The van der Waals surface area contributed by atoms with E-state index in [2.05, 4.69) is 9.72 Å². The Morgan fingerprint density at radius 1 is 1.13 bits per heavy atom. The molecule has 0 aliphatic rings. The molecule has 120 valence electrons. The van der Waals surface area contributed by atoms with Crippen molar-refractivity contribution in [2.75, 3.05) is 7.11 Å². The van der Waals surface area contributed by atoms with Crippen molar-refractivity contribution < 1.29 is 23.8 Å². The van der Waals surface area contributed by atoms with Gasteiger partial charge in [0.05, 0.1) is 7.11 Å². The maximum Gasteiger partial charge on any atom is 0.343 e. The predicted molar refractivity (Wildman–Crippen MR) is 83.0 cm³/mol. The number of esters is 1. The normalized spacial score (nSPS) is 11.4. The first-order valence-electron chi connectivity index (χ1n) is 6.68. The number of pyridine rings is 1. The molecule has 0 bridgehead atoms. The van der Waals surface area contributed by atoms with Crippen molar-refractivity contribution in [1.82, 2.24) is 4.98 Å². The van der Waals surface area contributed by atoms with Crippen molar-refractivity contribution in [3.63, 3.8) is 0 Å². The van der Waals surface area contributed by atoms with Crippen LogP contribution in [0.25, 0.3) is 0 Å². The standard InChI is InChI=1S/C16H14ClNO5/c1-10(14(17)19)22-11-5-7-12(8-6-11)23-15-13(16(20)21-2)4-3-9-18-15/h3-10H,1-2H3. The minimum atomic E-state index is -0.745. The van der Waals surface area contributed by atoms with Crippen molar-refractivity contribution >= 4 is 22.8 Å². The van der Waals surface area contributed by atoms with E-state index in [1.165, 1.54) is 13.3 Å². The number of ether oxygens (including phenoxy) is 3. The zero-order valence-corrected chi connectivity index (χ0v) is 13.2. The van der Waals surface area contributed by atoms with E-state index in [1.54, 1.807) is 43.3 Å². The molecule has 23 heavy (non-hydrogen) atoms. The summed E-state index contributed by atoms with van der Waals surface area (Å²) in [6.07, 6.45) is 0.762. The van der Waals surface area contributed by atoms with Gasteiger partial charge in [-0.1, -0.05) is 0 Å². The molecule has 2 rings (SSSR count). The fourth-order valence-corrected chi connectivity index (χ4v) is 1.73. The smallest absolute Gasteiger partial charge is 0.343 e. The highest BCUT2D eigenvalue weighted by molar-refractivity contribution is 6.64. The van der Waals surface area contributed by atoms with Gasteiger partial charge in [-0.05, 0) is 54.9 Å². The summed E-state index contributed by atoms with van der Waals surface area (Å²) >= 11 is 5.34. The summed E-state index contributed by atoms with van der Waals surface area (Å²) in [5.74, 6) is 0.513. The molecule has 0 N–H and O–H groups in total. The molecule has 0 spiro atoms. The van der Waals surface area contributed by atoms with Gasteiger partial charge in [0.2, 0.25) is 5.88 Å². The van der Waals surface area contributed by atoms with Crippen LogP contribution in [-0.2, 0) is 9.53 Å². The molecule has 0 amide bonds. The number of rotatable bonds is 6. The van der Waals surface area contributed by atoms with Crippen LogP contribution in [0.2, 0.25) is 0 Å². The number of hydrogen-bond donors (Lipinski definition) is 0. The van der Waals surface area contributed by atoms with Gasteiger partial charge in [0.15, 0.2) is 6.10 Å². The number of methoxy groups -OCH3 is 1. The largest absolute Gasteiger partial charge is 0.482 e. The molecule has 0 saturated heterocycles. The van der Waals surface area contributed by atoms with Crippen LogP contribution in [0, 0.1) is 0 Å². The zero-order valence-electron chi connectivity index (χ0n) is 12.5. The Morgan fingerprint density at radius 3 is 2.39 bits per heavy atom. The highest BCUT2D eigenvalue weighted by Crippen LogP contribution is 2.25. The summed E-state index contributed by atoms with van der Waals surface area (Å²) in [6.45, 7) is 1.55. The second kappa shape index (κ2) is 7.60. The maximum atomic E-state index is 11.7. The number of benzene rings is 1. The van der Waals surface area contributed by atoms with Gasteiger partial charge in [0, 0.05) is 6.20 Å². The van der Waals surface area contributed by atoms with Gasteiger partial charge < -0.3 is 14.2 Å². The Bertz CT molecular complexity index is 702. The van der Waals surface area contributed by atoms with Gasteiger partial charge in [-0.15, -0.1) is 0 Å². The van der Waals surface area contributed by atoms with Crippen molar-refractivity contribution in [2.24, 2.45) is 0 Å². The fourth-order valence-electron chi connectivity index (χ4n) is 1.69. The Balaban J connectivity index is 2.13. The number of hydrogen-bond acceptors (Lipinski definition) is 6. The average Bonchev–Trinajstić information content (AvgIpc) is 2.56. The summed E-state index contributed by atoms with van der Waals surface area (Å²) in [6, 6.07) is 9.64. The van der Waals surface area contributed by atoms with Crippen LogP contribution in [-0.4, -0.2) is 29.4 Å². The quantitative estimate of drug-likeness (QED) is 0.596. The molecule has 0 aliphatic heterocycles. The van der Waals surface area contributed by atoms with E-state index >= 15 is 0 Å². The molecule has 1 aromatic heterocycles. The third-order valence-electron chi connectivity index (χ3n) is 2.85. The van der Waals surface area contributed by atoms with Crippen molar-refractivity contribution in [3.05, 3.63) is 48.2 Å². The monoisotopic (exact) mass is 335 g/mol. The molecule has 2 aromatic rings. The number of nitrogens with zero attached hydrogens (tertiary/aromatic N) is 1. The number of carbonyl (C=O) groups excluding carboxylic acids is 2. The summed E-state index contributed by atoms with van der Waals surface area (Å²) < 4.78 is 15.6. The molecule has 6 nitrogen and oxygen atoms in total. The van der Waals surface area contributed by atoms with Crippen LogP contribution < -0.4 is 9.47 Å². The van der Waals surface area contributed by atoms with Crippen LogP contribution in [0.15, 0.2) is 42.6 Å². The SMILES string of the molecule is COC(=O)c1cccnc1Oc1ccc(OC(C)C(=O)Cl)cc1. The van der Waals surface area contributed by atoms with Gasteiger partial charge in [0.1, 0.15) is 17.1 Å². The lowest BCUT2D eigenvalue weighted by Gasteiger charge is -2.12. The molecule has 0 saturated carbocycles. The molecule has 0 radical (unpaired) electrons. The molecule has 0 fully saturated rings. The Kier molecular flexibility index (Phi) is 5.54. The molecule has 1 unspecified atom stereocenters. The Hall–Kier alpha value is -2.60. The summed E-state index contributed by atoms with van der Waals surface area (Å²) in [7, 11) is 1.28. The van der Waals surface area contributed by atoms with Gasteiger partial charge >= 0.3 is 5.97 Å². The number of halogens is 1. The molecule has 7 heteroatoms. The molecule has 1 atom stereocenters. The fraction of sp³-hybridized carbons (Fsp3) is 0.188. The van der Waals surface area contributed by atoms with Gasteiger partial charge in [-0.3, -0.25) is 4.79 Å². The summed E-state index contributed by atoms with van der Waals surface area (Å²) in [4.78, 5) is 26.6. The lowest BCUT2D eigenvalue weighted by molar-refractivity contribution is -0.117. The third kappa shape index (κ3) is 4.43. The van der Waals surface area contributed by atoms with E-state index in [0.717, 1.165) is 0 Å². The number of aromatic nitrogens is 1. The van der Waals surface area contributed by atoms with Gasteiger partial charge in [-0.2, -0.15) is 0 Å². The molecular formula is C16H14ClNO5. The Morgan fingerprint density at radius 2 is 1.78 bits per heavy atom.